The van der Waals surface area contributed by atoms with Gasteiger partial charge in [0.25, 0.3) is 0 Å². The highest BCUT2D eigenvalue weighted by Crippen LogP contribution is 2.42. The van der Waals surface area contributed by atoms with Gasteiger partial charge in [0.2, 0.25) is 5.91 Å². The predicted molar refractivity (Wildman–Crippen MR) is 60.3 cm³/mol. The number of amides is 1. The molecular formula is C13H15NO2. The Morgan fingerprint density at radius 1 is 1.38 bits per heavy atom. The molecule has 1 fully saturated rings. The number of phenolic OH excluding ortho intramolecular Hbond substituents is 1. The van der Waals surface area contributed by atoms with Gasteiger partial charge in [0.1, 0.15) is 5.75 Å². The monoisotopic (exact) mass is 217 g/mol. The zero-order valence-electron chi connectivity index (χ0n) is 9.12. The minimum atomic E-state index is -0.00162. The summed E-state index contributed by atoms with van der Waals surface area (Å²) < 4.78 is 0. The first kappa shape index (κ1) is 9.70. The van der Waals surface area contributed by atoms with E-state index in [1.54, 1.807) is 6.07 Å². The smallest absolute Gasteiger partial charge is 0.220 e. The molecule has 0 radical (unpaired) electrons. The molecule has 1 aromatic carbocycles. The third kappa shape index (κ3) is 1.31. The zero-order valence-corrected chi connectivity index (χ0v) is 9.12. The molecule has 1 aliphatic heterocycles. The van der Waals surface area contributed by atoms with Crippen molar-refractivity contribution in [2.24, 2.45) is 0 Å². The van der Waals surface area contributed by atoms with Crippen LogP contribution in [0.4, 0.5) is 0 Å². The predicted octanol–water partition coefficient (Wildman–Crippen LogP) is 1.49. The van der Waals surface area contributed by atoms with E-state index in [-0.39, 0.29) is 11.3 Å². The van der Waals surface area contributed by atoms with Gasteiger partial charge in [0.15, 0.2) is 0 Å². The van der Waals surface area contributed by atoms with Gasteiger partial charge in [0, 0.05) is 18.4 Å². The van der Waals surface area contributed by atoms with Crippen molar-refractivity contribution in [1.82, 2.24) is 5.32 Å². The van der Waals surface area contributed by atoms with Gasteiger partial charge in [-0.3, -0.25) is 4.79 Å². The van der Waals surface area contributed by atoms with Gasteiger partial charge in [-0.05, 0) is 42.5 Å². The minimum absolute atomic E-state index is 0.00162. The lowest BCUT2D eigenvalue weighted by Crippen LogP contribution is -2.33. The van der Waals surface area contributed by atoms with Crippen LogP contribution in [0.15, 0.2) is 18.2 Å². The Hall–Kier alpha value is -1.51. The van der Waals surface area contributed by atoms with Crippen molar-refractivity contribution in [3.63, 3.8) is 0 Å². The van der Waals surface area contributed by atoms with E-state index in [4.69, 9.17) is 0 Å². The molecule has 0 saturated carbocycles. The van der Waals surface area contributed by atoms with Gasteiger partial charge in [-0.25, -0.2) is 0 Å². The van der Waals surface area contributed by atoms with Crippen molar-refractivity contribution < 1.29 is 9.90 Å². The molecule has 2 aliphatic rings. The lowest BCUT2D eigenvalue weighted by atomic mass is 9.69. The Kier molecular flexibility index (Phi) is 1.96. The minimum Gasteiger partial charge on any atom is -0.508 e. The molecule has 1 amide bonds. The van der Waals surface area contributed by atoms with Crippen LogP contribution in [0.1, 0.15) is 30.4 Å². The molecule has 1 aromatic rings. The number of carbonyl (C=O) groups is 1. The maximum Gasteiger partial charge on any atom is 0.220 e. The maximum atomic E-state index is 11.4. The van der Waals surface area contributed by atoms with E-state index in [0.29, 0.717) is 12.2 Å². The Bertz CT molecular complexity index is 455. The van der Waals surface area contributed by atoms with Gasteiger partial charge >= 0.3 is 0 Å². The fourth-order valence-corrected chi connectivity index (χ4v) is 3.12. The number of hydrogen-bond acceptors (Lipinski definition) is 2. The van der Waals surface area contributed by atoms with Gasteiger partial charge in [0.05, 0.1) is 0 Å². The Morgan fingerprint density at radius 2 is 2.25 bits per heavy atom. The normalized spacial score (nSPS) is 27.9. The van der Waals surface area contributed by atoms with Crippen molar-refractivity contribution in [2.45, 2.75) is 31.1 Å². The quantitative estimate of drug-likeness (QED) is 0.691. The number of aryl methyl sites for hydroxylation is 1. The first-order valence-corrected chi connectivity index (χ1v) is 5.79. The molecule has 1 unspecified atom stereocenters. The summed E-state index contributed by atoms with van der Waals surface area (Å²) in [5.41, 5.74) is 2.47. The lowest BCUT2D eigenvalue weighted by Gasteiger charge is -2.34. The number of nitrogens with one attached hydrogen (secondary N) is 1. The fourth-order valence-electron chi connectivity index (χ4n) is 3.12. The van der Waals surface area contributed by atoms with E-state index < -0.39 is 0 Å². The van der Waals surface area contributed by atoms with E-state index in [0.717, 1.165) is 25.8 Å². The van der Waals surface area contributed by atoms with Crippen molar-refractivity contribution in [2.75, 3.05) is 6.54 Å². The Balaban J connectivity index is 2.09. The van der Waals surface area contributed by atoms with Gasteiger partial charge in [-0.15, -0.1) is 0 Å². The van der Waals surface area contributed by atoms with Gasteiger partial charge in [-0.2, -0.15) is 0 Å². The van der Waals surface area contributed by atoms with Gasteiger partial charge in [-0.1, -0.05) is 6.07 Å². The van der Waals surface area contributed by atoms with E-state index in [1.807, 2.05) is 12.1 Å². The third-order valence-corrected chi connectivity index (χ3v) is 3.88. The second kappa shape index (κ2) is 3.24. The zero-order chi connectivity index (χ0) is 11.2. The highest BCUT2D eigenvalue weighted by atomic mass is 16.3. The Labute approximate surface area is 94.5 Å². The number of hydrogen-bond donors (Lipinski definition) is 2. The van der Waals surface area contributed by atoms with Crippen LogP contribution in [0, 0.1) is 0 Å². The van der Waals surface area contributed by atoms with E-state index in [1.165, 1.54) is 11.1 Å². The topological polar surface area (TPSA) is 49.3 Å². The summed E-state index contributed by atoms with van der Waals surface area (Å²) in [4.78, 5) is 11.4. The number of aromatic hydroxyl groups is 1. The molecule has 3 heteroatoms. The van der Waals surface area contributed by atoms with Crippen molar-refractivity contribution in [3.05, 3.63) is 29.3 Å². The van der Waals surface area contributed by atoms with Crippen LogP contribution in [0.3, 0.4) is 0 Å². The summed E-state index contributed by atoms with van der Waals surface area (Å²) in [7, 11) is 0. The highest BCUT2D eigenvalue weighted by Gasteiger charge is 2.42. The van der Waals surface area contributed by atoms with Crippen molar-refractivity contribution in [1.29, 1.82) is 0 Å². The van der Waals surface area contributed by atoms with Crippen LogP contribution in [-0.4, -0.2) is 17.6 Å². The summed E-state index contributed by atoms with van der Waals surface area (Å²) >= 11 is 0. The number of fused-ring (bicyclic) bond motifs is 2. The first-order valence-electron chi connectivity index (χ1n) is 5.79. The summed E-state index contributed by atoms with van der Waals surface area (Å²) in [6, 6.07) is 5.57. The van der Waals surface area contributed by atoms with Crippen LogP contribution in [0.5, 0.6) is 5.75 Å². The largest absolute Gasteiger partial charge is 0.508 e. The summed E-state index contributed by atoms with van der Waals surface area (Å²) in [6.45, 7) is 0.754. The molecule has 84 valence electrons. The van der Waals surface area contributed by atoms with E-state index in [2.05, 4.69) is 5.32 Å². The van der Waals surface area contributed by atoms with Crippen LogP contribution in [-0.2, 0) is 16.6 Å². The van der Waals surface area contributed by atoms with Crippen LogP contribution in [0.2, 0.25) is 0 Å². The van der Waals surface area contributed by atoms with Crippen LogP contribution < -0.4 is 5.32 Å². The SMILES string of the molecule is O=C1CC2(CCCc3cc(O)ccc32)CN1. The molecule has 1 spiro atoms. The van der Waals surface area contributed by atoms with E-state index in [9.17, 15) is 9.90 Å². The fraction of sp³-hybridized carbons (Fsp3) is 0.462. The van der Waals surface area contributed by atoms with E-state index >= 15 is 0 Å². The number of benzene rings is 1. The highest BCUT2D eigenvalue weighted by molar-refractivity contribution is 5.81. The average molecular weight is 217 g/mol. The molecule has 16 heavy (non-hydrogen) atoms. The summed E-state index contributed by atoms with van der Waals surface area (Å²) in [5.74, 6) is 0.481. The Morgan fingerprint density at radius 3 is 3.00 bits per heavy atom. The average Bonchev–Trinajstić information content (AvgIpc) is 2.61. The molecule has 0 bridgehead atoms. The molecule has 3 nitrogen and oxygen atoms in total. The lowest BCUT2D eigenvalue weighted by molar-refractivity contribution is -0.119. The van der Waals surface area contributed by atoms with Crippen molar-refractivity contribution >= 4 is 5.91 Å². The molecule has 2 N–H and O–H groups in total. The number of rotatable bonds is 0. The summed E-state index contributed by atoms with van der Waals surface area (Å²) in [5, 5.41) is 12.4. The standard InChI is InChI=1S/C13H15NO2/c15-10-3-4-11-9(6-10)2-1-5-13(11)7-12(16)14-8-13/h3-4,6,15H,1-2,5,7-8H2,(H,14,16). The van der Waals surface area contributed by atoms with Gasteiger partial charge < -0.3 is 10.4 Å². The second-order valence-corrected chi connectivity index (χ2v) is 4.93. The number of carbonyl (C=O) groups excluding carboxylic acids is 1. The molecule has 1 aliphatic carbocycles. The third-order valence-electron chi connectivity index (χ3n) is 3.88. The molecule has 1 saturated heterocycles. The van der Waals surface area contributed by atoms with Crippen LogP contribution in [0.25, 0.3) is 0 Å². The molecular weight excluding hydrogens is 202 g/mol. The maximum absolute atomic E-state index is 11.4. The molecule has 3 rings (SSSR count). The number of phenols is 1. The second-order valence-electron chi connectivity index (χ2n) is 4.93. The molecule has 1 atom stereocenters. The summed E-state index contributed by atoms with van der Waals surface area (Å²) in [6.07, 6.45) is 3.79. The van der Waals surface area contributed by atoms with Crippen LogP contribution >= 0.6 is 0 Å². The molecule has 1 heterocycles. The first-order chi connectivity index (χ1) is 7.70. The van der Waals surface area contributed by atoms with Crippen molar-refractivity contribution in [3.8, 4) is 5.75 Å². The molecule has 0 aromatic heterocycles.